The molecule has 0 saturated carbocycles. The van der Waals surface area contributed by atoms with E-state index >= 15 is 0 Å². The monoisotopic (exact) mass is 242 g/mol. The van der Waals surface area contributed by atoms with E-state index in [0.29, 0.717) is 5.69 Å². The van der Waals surface area contributed by atoms with Gasteiger partial charge in [0.25, 0.3) is 0 Å². The van der Waals surface area contributed by atoms with Gasteiger partial charge in [-0.2, -0.15) is 0 Å². The highest BCUT2D eigenvalue weighted by molar-refractivity contribution is 7.92. The highest BCUT2D eigenvalue weighted by Gasteiger charge is 2.19. The van der Waals surface area contributed by atoms with Crippen molar-refractivity contribution in [3.8, 4) is 0 Å². The van der Waals surface area contributed by atoms with Crippen LogP contribution in [0.4, 0.5) is 5.69 Å². The Bertz CT molecular complexity index is 497. The largest absolute Gasteiger partial charge is 0.368 e. The molecule has 5 nitrogen and oxygen atoms in total. The summed E-state index contributed by atoms with van der Waals surface area (Å²) in [6.07, 6.45) is 1.04. The summed E-state index contributed by atoms with van der Waals surface area (Å²) in [6, 6.07) is 6.87. The number of benzene rings is 1. The number of rotatable bonds is 4. The van der Waals surface area contributed by atoms with Crippen molar-refractivity contribution in [3.63, 3.8) is 0 Å². The third kappa shape index (κ3) is 3.23. The standard InChI is InChI=1S/C10H14N2O3S/c1-8-4-3-5-9(6-8)12(7-10(11)13)16(2,14)15/h3-6H,7H2,1-2H3,(H2,11,13). The Morgan fingerprint density at radius 2 is 2.06 bits per heavy atom. The SMILES string of the molecule is Cc1cccc(N(CC(N)=O)S(C)(=O)=O)c1. The van der Waals surface area contributed by atoms with Gasteiger partial charge in [0.05, 0.1) is 11.9 Å². The highest BCUT2D eigenvalue weighted by atomic mass is 32.2. The molecule has 0 aliphatic rings. The van der Waals surface area contributed by atoms with Crippen molar-refractivity contribution in [2.24, 2.45) is 5.73 Å². The molecular weight excluding hydrogens is 228 g/mol. The summed E-state index contributed by atoms with van der Waals surface area (Å²) in [4.78, 5) is 10.8. The van der Waals surface area contributed by atoms with Crippen molar-refractivity contribution in [1.29, 1.82) is 0 Å². The first kappa shape index (κ1) is 12.5. The van der Waals surface area contributed by atoms with Crippen LogP contribution in [-0.4, -0.2) is 27.1 Å². The van der Waals surface area contributed by atoms with Crippen molar-refractivity contribution >= 4 is 21.6 Å². The zero-order chi connectivity index (χ0) is 12.3. The van der Waals surface area contributed by atoms with Crippen LogP contribution in [0.25, 0.3) is 0 Å². The first-order chi connectivity index (χ1) is 7.30. The van der Waals surface area contributed by atoms with Gasteiger partial charge in [-0.05, 0) is 24.6 Å². The zero-order valence-corrected chi connectivity index (χ0v) is 9.99. The average Bonchev–Trinajstić information content (AvgIpc) is 2.12. The van der Waals surface area contributed by atoms with Crippen LogP contribution in [0.5, 0.6) is 0 Å². The Morgan fingerprint density at radius 1 is 1.44 bits per heavy atom. The number of carbonyl (C=O) groups excluding carboxylic acids is 1. The maximum Gasteiger partial charge on any atom is 0.238 e. The number of carbonyl (C=O) groups is 1. The molecule has 0 fully saturated rings. The number of hydrogen-bond acceptors (Lipinski definition) is 3. The normalized spacial score (nSPS) is 11.1. The van der Waals surface area contributed by atoms with Crippen LogP contribution < -0.4 is 10.0 Å². The third-order valence-electron chi connectivity index (χ3n) is 1.99. The molecule has 16 heavy (non-hydrogen) atoms. The molecule has 0 aliphatic carbocycles. The first-order valence-electron chi connectivity index (χ1n) is 4.63. The van der Waals surface area contributed by atoms with E-state index in [-0.39, 0.29) is 6.54 Å². The van der Waals surface area contributed by atoms with Gasteiger partial charge in [-0.15, -0.1) is 0 Å². The van der Waals surface area contributed by atoms with Gasteiger partial charge < -0.3 is 5.73 Å². The summed E-state index contributed by atoms with van der Waals surface area (Å²) in [6.45, 7) is 1.50. The lowest BCUT2D eigenvalue weighted by Crippen LogP contribution is -2.37. The lowest BCUT2D eigenvalue weighted by molar-refractivity contribution is -0.116. The molecule has 0 spiro atoms. The van der Waals surface area contributed by atoms with E-state index in [1.807, 2.05) is 13.0 Å². The van der Waals surface area contributed by atoms with Gasteiger partial charge in [-0.3, -0.25) is 9.10 Å². The maximum atomic E-state index is 11.5. The molecule has 0 atom stereocenters. The van der Waals surface area contributed by atoms with Gasteiger partial charge in [0.2, 0.25) is 15.9 Å². The van der Waals surface area contributed by atoms with E-state index in [1.54, 1.807) is 18.2 Å². The van der Waals surface area contributed by atoms with Gasteiger partial charge in [0.15, 0.2) is 0 Å². The Balaban J connectivity index is 3.16. The number of amides is 1. The van der Waals surface area contributed by atoms with E-state index < -0.39 is 15.9 Å². The summed E-state index contributed by atoms with van der Waals surface area (Å²) in [7, 11) is -3.50. The first-order valence-corrected chi connectivity index (χ1v) is 6.48. The van der Waals surface area contributed by atoms with Crippen molar-refractivity contribution < 1.29 is 13.2 Å². The highest BCUT2D eigenvalue weighted by Crippen LogP contribution is 2.18. The zero-order valence-electron chi connectivity index (χ0n) is 9.17. The molecule has 0 unspecified atom stereocenters. The molecule has 1 amide bonds. The molecule has 0 saturated heterocycles. The Morgan fingerprint density at radius 3 is 2.50 bits per heavy atom. The van der Waals surface area contributed by atoms with Crippen LogP contribution in [0.1, 0.15) is 5.56 Å². The second kappa shape index (κ2) is 4.52. The van der Waals surface area contributed by atoms with Crippen molar-refractivity contribution in [1.82, 2.24) is 0 Å². The summed E-state index contributed by atoms with van der Waals surface area (Å²) in [5.74, 6) is -0.688. The second-order valence-electron chi connectivity index (χ2n) is 3.57. The molecule has 6 heteroatoms. The van der Waals surface area contributed by atoms with E-state index in [9.17, 15) is 13.2 Å². The van der Waals surface area contributed by atoms with Crippen LogP contribution in [-0.2, 0) is 14.8 Å². The molecule has 2 N–H and O–H groups in total. The predicted molar refractivity (Wildman–Crippen MR) is 62.6 cm³/mol. The summed E-state index contributed by atoms with van der Waals surface area (Å²) in [5.41, 5.74) is 6.38. The second-order valence-corrected chi connectivity index (χ2v) is 5.48. The van der Waals surface area contributed by atoms with Crippen LogP contribution in [0, 0.1) is 6.92 Å². The number of nitrogens with two attached hydrogens (primary N) is 1. The maximum absolute atomic E-state index is 11.5. The quantitative estimate of drug-likeness (QED) is 0.821. The Kier molecular flexibility index (Phi) is 3.54. The summed E-state index contributed by atoms with van der Waals surface area (Å²) in [5, 5.41) is 0. The molecule has 88 valence electrons. The van der Waals surface area contributed by atoms with E-state index in [4.69, 9.17) is 5.73 Å². The van der Waals surface area contributed by atoms with Crippen LogP contribution in [0.2, 0.25) is 0 Å². The van der Waals surface area contributed by atoms with Gasteiger partial charge in [0.1, 0.15) is 6.54 Å². The molecule has 1 aromatic rings. The lowest BCUT2D eigenvalue weighted by Gasteiger charge is -2.20. The van der Waals surface area contributed by atoms with Gasteiger partial charge >= 0.3 is 0 Å². The summed E-state index contributed by atoms with van der Waals surface area (Å²) < 4.78 is 24.0. The fraction of sp³-hybridized carbons (Fsp3) is 0.300. The number of hydrogen-bond donors (Lipinski definition) is 1. The topological polar surface area (TPSA) is 80.5 Å². The third-order valence-corrected chi connectivity index (χ3v) is 3.13. The van der Waals surface area contributed by atoms with Crippen LogP contribution in [0.15, 0.2) is 24.3 Å². The molecule has 0 aromatic heterocycles. The van der Waals surface area contributed by atoms with E-state index in [0.717, 1.165) is 16.1 Å². The van der Waals surface area contributed by atoms with Crippen molar-refractivity contribution in [2.75, 3.05) is 17.1 Å². The minimum atomic E-state index is -3.50. The molecular formula is C10H14N2O3S. The van der Waals surface area contributed by atoms with E-state index in [2.05, 4.69) is 0 Å². The van der Waals surface area contributed by atoms with E-state index in [1.165, 1.54) is 0 Å². The molecule has 1 aromatic carbocycles. The summed E-state index contributed by atoms with van der Waals surface area (Å²) >= 11 is 0. The Labute approximate surface area is 94.9 Å². The van der Waals surface area contributed by atoms with Gasteiger partial charge in [-0.25, -0.2) is 8.42 Å². The fourth-order valence-corrected chi connectivity index (χ4v) is 2.18. The minimum Gasteiger partial charge on any atom is -0.368 e. The molecule has 0 radical (unpaired) electrons. The number of sulfonamides is 1. The smallest absolute Gasteiger partial charge is 0.238 e. The van der Waals surface area contributed by atoms with Crippen molar-refractivity contribution in [3.05, 3.63) is 29.8 Å². The van der Waals surface area contributed by atoms with Crippen LogP contribution in [0.3, 0.4) is 0 Å². The van der Waals surface area contributed by atoms with Crippen molar-refractivity contribution in [2.45, 2.75) is 6.92 Å². The Hall–Kier alpha value is -1.56. The number of anilines is 1. The van der Waals surface area contributed by atoms with Gasteiger partial charge in [-0.1, -0.05) is 12.1 Å². The number of aryl methyl sites for hydroxylation is 1. The molecule has 0 aliphatic heterocycles. The minimum absolute atomic E-state index is 0.345. The number of nitrogens with zero attached hydrogens (tertiary/aromatic N) is 1. The van der Waals surface area contributed by atoms with Gasteiger partial charge in [0, 0.05) is 0 Å². The lowest BCUT2D eigenvalue weighted by atomic mass is 10.2. The molecule has 1 rings (SSSR count). The fourth-order valence-electron chi connectivity index (χ4n) is 1.32. The molecule has 0 heterocycles. The predicted octanol–water partition coefficient (Wildman–Crippen LogP) is 0.246. The van der Waals surface area contributed by atoms with Crippen LogP contribution >= 0.6 is 0 Å². The molecule has 0 bridgehead atoms. The number of primary amides is 1. The average molecular weight is 242 g/mol.